The highest BCUT2D eigenvalue weighted by Crippen LogP contribution is 2.28. The van der Waals surface area contributed by atoms with Crippen molar-refractivity contribution in [3.05, 3.63) is 53.9 Å². The molecule has 2 fully saturated rings. The third-order valence-electron chi connectivity index (χ3n) is 6.01. The first kappa shape index (κ1) is 23.0. The summed E-state index contributed by atoms with van der Waals surface area (Å²) in [4.78, 5) is 21.1. The molecule has 0 amide bonds. The molecular formula is C24H24F2N8O. The van der Waals surface area contributed by atoms with E-state index < -0.39 is 12.0 Å². The van der Waals surface area contributed by atoms with Crippen LogP contribution in [0.25, 0.3) is 11.3 Å². The van der Waals surface area contributed by atoms with Crippen molar-refractivity contribution in [3.63, 3.8) is 0 Å². The molecule has 5 heterocycles. The highest BCUT2D eigenvalue weighted by Gasteiger charge is 2.25. The van der Waals surface area contributed by atoms with Crippen molar-refractivity contribution < 1.29 is 13.5 Å². The average molecular weight is 479 g/mol. The molecule has 1 N–H and O–H groups in total. The van der Waals surface area contributed by atoms with Crippen molar-refractivity contribution in [2.24, 2.45) is 0 Å². The number of hydrogen-bond donors (Lipinski definition) is 1. The summed E-state index contributed by atoms with van der Waals surface area (Å²) in [6.45, 7) is 4.64. The van der Waals surface area contributed by atoms with Crippen LogP contribution in [-0.2, 0) is 11.3 Å². The molecule has 0 aromatic carbocycles. The summed E-state index contributed by atoms with van der Waals surface area (Å²) < 4.78 is 33.6. The second kappa shape index (κ2) is 10.2. The summed E-state index contributed by atoms with van der Waals surface area (Å²) >= 11 is 0. The van der Waals surface area contributed by atoms with Gasteiger partial charge >= 0.3 is 0 Å². The van der Waals surface area contributed by atoms with Gasteiger partial charge in [-0.25, -0.2) is 23.7 Å². The van der Waals surface area contributed by atoms with Gasteiger partial charge in [0, 0.05) is 37.9 Å². The van der Waals surface area contributed by atoms with E-state index in [1.54, 1.807) is 11.1 Å². The van der Waals surface area contributed by atoms with Gasteiger partial charge in [-0.15, -0.1) is 0 Å². The summed E-state index contributed by atoms with van der Waals surface area (Å²) in [5.41, 5.74) is 2.19. The monoisotopic (exact) mass is 478 g/mol. The SMILES string of the molecule is N#Cc1cc(-c2nc(Nc3ccc(CN4CCOCC4)nc3)ncc2F)cnc1N1CC[C@H](F)C1. The highest BCUT2D eigenvalue weighted by atomic mass is 19.1. The van der Waals surface area contributed by atoms with Gasteiger partial charge in [0.2, 0.25) is 5.95 Å². The van der Waals surface area contributed by atoms with Crippen LogP contribution in [0.3, 0.4) is 0 Å². The zero-order valence-electron chi connectivity index (χ0n) is 19.0. The maximum atomic E-state index is 14.6. The maximum Gasteiger partial charge on any atom is 0.227 e. The first-order chi connectivity index (χ1) is 17.1. The standard InChI is InChI=1S/C24H24F2N8O/c25-18-3-4-34(14-18)23-16(10-27)9-17(11-29-23)22-21(26)13-30-24(32-22)31-19-1-2-20(28-12-19)15-33-5-7-35-8-6-33/h1-2,9,11-13,18H,3-8,14-15H2,(H,30,31,32)/t18-/m0/s1. The molecule has 9 nitrogen and oxygen atoms in total. The maximum absolute atomic E-state index is 14.6. The average Bonchev–Trinajstić information content (AvgIpc) is 3.32. The Balaban J connectivity index is 1.32. The molecule has 0 radical (unpaired) electrons. The molecule has 11 heteroatoms. The Bertz CT molecular complexity index is 1230. The van der Waals surface area contributed by atoms with Crippen molar-refractivity contribution in [1.29, 1.82) is 5.26 Å². The van der Waals surface area contributed by atoms with Crippen molar-refractivity contribution in [3.8, 4) is 17.3 Å². The first-order valence-electron chi connectivity index (χ1n) is 11.4. The third kappa shape index (κ3) is 5.34. The molecule has 5 rings (SSSR count). The van der Waals surface area contributed by atoms with Gasteiger partial charge < -0.3 is 15.0 Å². The van der Waals surface area contributed by atoms with E-state index in [0.29, 0.717) is 30.0 Å². The molecule has 0 unspecified atom stereocenters. The van der Waals surface area contributed by atoms with Crippen LogP contribution in [-0.4, -0.2) is 70.4 Å². The number of nitriles is 1. The second-order valence-electron chi connectivity index (χ2n) is 8.48. The predicted molar refractivity (Wildman–Crippen MR) is 125 cm³/mol. The van der Waals surface area contributed by atoms with Crippen LogP contribution in [0.5, 0.6) is 0 Å². The molecule has 0 saturated carbocycles. The Hall–Kier alpha value is -3.75. The van der Waals surface area contributed by atoms with Crippen LogP contribution in [0, 0.1) is 17.1 Å². The van der Waals surface area contributed by atoms with E-state index in [4.69, 9.17) is 4.74 Å². The Morgan fingerprint density at radius 2 is 1.97 bits per heavy atom. The van der Waals surface area contributed by atoms with E-state index in [-0.39, 0.29) is 23.8 Å². The lowest BCUT2D eigenvalue weighted by Crippen LogP contribution is -2.35. The molecule has 180 valence electrons. The third-order valence-corrected chi connectivity index (χ3v) is 6.01. The van der Waals surface area contributed by atoms with E-state index in [1.165, 1.54) is 12.3 Å². The van der Waals surface area contributed by atoms with Gasteiger partial charge in [-0.05, 0) is 24.6 Å². The molecule has 2 aliphatic heterocycles. The predicted octanol–water partition coefficient (Wildman–Crippen LogP) is 3.07. The van der Waals surface area contributed by atoms with Gasteiger partial charge in [-0.1, -0.05) is 0 Å². The van der Waals surface area contributed by atoms with Gasteiger partial charge in [0.1, 0.15) is 23.8 Å². The zero-order valence-corrected chi connectivity index (χ0v) is 19.0. The van der Waals surface area contributed by atoms with Crippen molar-refractivity contribution in [1.82, 2.24) is 24.8 Å². The van der Waals surface area contributed by atoms with Crippen LogP contribution in [0.2, 0.25) is 0 Å². The number of hydrogen-bond acceptors (Lipinski definition) is 9. The quantitative estimate of drug-likeness (QED) is 0.572. The Labute approximate surface area is 201 Å². The summed E-state index contributed by atoms with van der Waals surface area (Å²) in [6, 6.07) is 7.39. The summed E-state index contributed by atoms with van der Waals surface area (Å²) in [6.07, 6.45) is 3.64. The summed E-state index contributed by atoms with van der Waals surface area (Å²) in [5.74, 6) is -0.0584. The number of rotatable bonds is 6. The summed E-state index contributed by atoms with van der Waals surface area (Å²) in [7, 11) is 0. The van der Waals surface area contributed by atoms with E-state index in [2.05, 4.69) is 36.2 Å². The molecule has 2 saturated heterocycles. The second-order valence-corrected chi connectivity index (χ2v) is 8.48. The van der Waals surface area contributed by atoms with Crippen molar-refractivity contribution >= 4 is 17.5 Å². The molecule has 35 heavy (non-hydrogen) atoms. The van der Waals surface area contributed by atoms with E-state index in [1.807, 2.05) is 12.1 Å². The van der Waals surface area contributed by atoms with Gasteiger partial charge in [0.15, 0.2) is 5.82 Å². The first-order valence-corrected chi connectivity index (χ1v) is 11.4. The number of morpholine rings is 1. The Morgan fingerprint density at radius 3 is 2.69 bits per heavy atom. The van der Waals surface area contributed by atoms with Crippen LogP contribution >= 0.6 is 0 Å². The molecule has 3 aromatic heterocycles. The van der Waals surface area contributed by atoms with Gasteiger partial charge in [-0.2, -0.15) is 5.26 Å². The number of anilines is 3. The number of halogens is 2. The number of alkyl halides is 1. The van der Waals surface area contributed by atoms with Crippen LogP contribution in [0.4, 0.5) is 26.2 Å². The van der Waals surface area contributed by atoms with E-state index in [9.17, 15) is 14.0 Å². The Morgan fingerprint density at radius 1 is 1.11 bits per heavy atom. The normalized spacial score (nSPS) is 18.4. The molecule has 2 aliphatic rings. The molecule has 0 spiro atoms. The van der Waals surface area contributed by atoms with Crippen molar-refractivity contribution in [2.45, 2.75) is 19.1 Å². The fourth-order valence-corrected chi connectivity index (χ4v) is 4.17. The molecule has 0 aliphatic carbocycles. The molecule has 0 bridgehead atoms. The fraction of sp³-hybridized carbons (Fsp3) is 0.375. The van der Waals surface area contributed by atoms with E-state index in [0.717, 1.165) is 44.7 Å². The minimum atomic E-state index is -0.945. The number of nitrogens with zero attached hydrogens (tertiary/aromatic N) is 7. The van der Waals surface area contributed by atoms with Crippen molar-refractivity contribution in [2.75, 3.05) is 49.6 Å². The fourth-order valence-electron chi connectivity index (χ4n) is 4.17. The number of nitrogens with one attached hydrogen (secondary N) is 1. The lowest BCUT2D eigenvalue weighted by molar-refractivity contribution is 0.0336. The zero-order chi connectivity index (χ0) is 24.2. The minimum absolute atomic E-state index is 0.0136. The topological polar surface area (TPSA) is 103 Å². The minimum Gasteiger partial charge on any atom is -0.379 e. The smallest absolute Gasteiger partial charge is 0.227 e. The Kier molecular flexibility index (Phi) is 6.74. The van der Waals surface area contributed by atoms with Crippen LogP contribution in [0.15, 0.2) is 36.8 Å². The van der Waals surface area contributed by atoms with Gasteiger partial charge in [0.25, 0.3) is 0 Å². The number of aromatic nitrogens is 4. The molecule has 1 atom stereocenters. The number of pyridine rings is 2. The molecule has 3 aromatic rings. The summed E-state index contributed by atoms with van der Waals surface area (Å²) in [5, 5.41) is 12.6. The molecular weight excluding hydrogens is 454 g/mol. The van der Waals surface area contributed by atoms with Crippen LogP contribution in [0.1, 0.15) is 17.7 Å². The lowest BCUT2D eigenvalue weighted by atomic mass is 10.1. The van der Waals surface area contributed by atoms with Gasteiger partial charge in [0.05, 0.1) is 49.1 Å². The number of ether oxygens (including phenoxy) is 1. The highest BCUT2D eigenvalue weighted by molar-refractivity contribution is 5.67. The van der Waals surface area contributed by atoms with E-state index >= 15 is 0 Å². The van der Waals surface area contributed by atoms with Gasteiger partial charge in [-0.3, -0.25) is 9.88 Å². The largest absolute Gasteiger partial charge is 0.379 e. The van der Waals surface area contributed by atoms with Crippen LogP contribution < -0.4 is 10.2 Å². The lowest BCUT2D eigenvalue weighted by Gasteiger charge is -2.26.